The Kier molecular flexibility index (Phi) is 7.76. The molecule has 1 heterocycles. The molecule has 0 spiro atoms. The van der Waals surface area contributed by atoms with E-state index in [-0.39, 0.29) is 5.91 Å². The molecule has 0 radical (unpaired) electrons. The van der Waals surface area contributed by atoms with E-state index in [1.807, 2.05) is 72.8 Å². The molecule has 0 bridgehead atoms. The summed E-state index contributed by atoms with van der Waals surface area (Å²) < 4.78 is 7.41. The zero-order chi connectivity index (χ0) is 22.9. The summed E-state index contributed by atoms with van der Waals surface area (Å²) in [6, 6.07) is 27.7. The zero-order valence-corrected chi connectivity index (χ0v) is 19.3. The third-order valence-corrected chi connectivity index (χ3v) is 6.12. The number of carbonyl (C=O) groups excluding carboxylic acids is 1. The number of amides is 1. The van der Waals surface area contributed by atoms with Crippen LogP contribution in [0.1, 0.15) is 12.0 Å². The average molecular weight is 459 g/mol. The quantitative estimate of drug-likeness (QED) is 0.326. The third-order valence-electron chi connectivity index (χ3n) is 5.15. The Morgan fingerprint density at radius 3 is 2.33 bits per heavy atom. The van der Waals surface area contributed by atoms with Crippen molar-refractivity contribution in [2.45, 2.75) is 24.5 Å². The van der Waals surface area contributed by atoms with Crippen LogP contribution < -0.4 is 10.1 Å². The van der Waals surface area contributed by atoms with Crippen LogP contribution in [-0.2, 0) is 17.8 Å². The number of aromatic nitrogens is 3. The number of nitrogens with one attached hydrogen (secondary N) is 1. The molecule has 0 aliphatic rings. The van der Waals surface area contributed by atoms with Crippen molar-refractivity contribution in [3.63, 3.8) is 0 Å². The van der Waals surface area contributed by atoms with E-state index in [2.05, 4.69) is 32.2 Å². The van der Waals surface area contributed by atoms with Crippen LogP contribution in [0.15, 0.2) is 90.1 Å². The second kappa shape index (κ2) is 11.3. The first-order valence-electron chi connectivity index (χ1n) is 10.8. The molecule has 33 heavy (non-hydrogen) atoms. The first kappa shape index (κ1) is 22.6. The summed E-state index contributed by atoms with van der Waals surface area (Å²) in [5.41, 5.74) is 3.04. The number of hydrogen-bond donors (Lipinski definition) is 1. The van der Waals surface area contributed by atoms with Gasteiger partial charge in [-0.3, -0.25) is 4.79 Å². The maximum Gasteiger partial charge on any atom is 0.225 e. The van der Waals surface area contributed by atoms with Gasteiger partial charge in [0.2, 0.25) is 5.91 Å². The molecule has 1 N–H and O–H groups in total. The third kappa shape index (κ3) is 6.23. The van der Waals surface area contributed by atoms with Gasteiger partial charge in [-0.2, -0.15) is 0 Å². The van der Waals surface area contributed by atoms with Crippen LogP contribution in [0.3, 0.4) is 0 Å². The van der Waals surface area contributed by atoms with Crippen molar-refractivity contribution in [2.75, 3.05) is 18.2 Å². The van der Waals surface area contributed by atoms with Crippen molar-refractivity contribution < 1.29 is 9.53 Å². The number of hydrogen-bond acceptors (Lipinski definition) is 5. The molecule has 3 aromatic carbocycles. The van der Waals surface area contributed by atoms with Gasteiger partial charge in [-0.1, -0.05) is 60.3 Å². The number of benzene rings is 3. The zero-order valence-electron chi connectivity index (χ0n) is 18.5. The van der Waals surface area contributed by atoms with Gasteiger partial charge in [0.15, 0.2) is 11.0 Å². The van der Waals surface area contributed by atoms with Crippen LogP contribution in [0, 0.1) is 0 Å². The maximum absolute atomic E-state index is 12.3. The summed E-state index contributed by atoms with van der Waals surface area (Å²) >= 11 is 1.55. The molecule has 1 amide bonds. The molecule has 7 heteroatoms. The van der Waals surface area contributed by atoms with Crippen LogP contribution >= 0.6 is 11.8 Å². The van der Waals surface area contributed by atoms with Gasteiger partial charge >= 0.3 is 0 Å². The topological polar surface area (TPSA) is 69.0 Å². The standard InChI is InChI=1S/C26H26N4O2S/c1-32-23-14-12-21(13-15-23)25-28-29-26(30(25)18-16-20-8-4-2-5-9-20)33-19-17-24(31)27-22-10-6-3-7-11-22/h2-15H,16-19H2,1H3,(H,27,31). The lowest BCUT2D eigenvalue weighted by molar-refractivity contribution is -0.115. The lowest BCUT2D eigenvalue weighted by Gasteiger charge is -2.11. The molecular weight excluding hydrogens is 432 g/mol. The highest BCUT2D eigenvalue weighted by atomic mass is 32.2. The van der Waals surface area contributed by atoms with Gasteiger partial charge in [0.1, 0.15) is 5.75 Å². The fraction of sp³-hybridized carbons (Fsp3) is 0.192. The van der Waals surface area contributed by atoms with Crippen LogP contribution in [0.5, 0.6) is 5.75 Å². The summed E-state index contributed by atoms with van der Waals surface area (Å²) in [6.07, 6.45) is 1.26. The number of thioether (sulfide) groups is 1. The van der Waals surface area contributed by atoms with Gasteiger partial charge in [0.25, 0.3) is 0 Å². The van der Waals surface area contributed by atoms with Crippen molar-refractivity contribution in [1.29, 1.82) is 0 Å². The van der Waals surface area contributed by atoms with Gasteiger partial charge < -0.3 is 14.6 Å². The molecule has 0 aliphatic heterocycles. The first-order chi connectivity index (χ1) is 16.2. The van der Waals surface area contributed by atoms with Gasteiger partial charge in [-0.15, -0.1) is 10.2 Å². The molecule has 0 aliphatic carbocycles. The van der Waals surface area contributed by atoms with E-state index < -0.39 is 0 Å². The van der Waals surface area contributed by atoms with Gasteiger partial charge in [-0.05, 0) is 48.4 Å². The summed E-state index contributed by atoms with van der Waals surface area (Å²) in [6.45, 7) is 0.747. The molecule has 168 valence electrons. The number of ether oxygens (including phenoxy) is 1. The summed E-state index contributed by atoms with van der Waals surface area (Å²) in [5, 5.41) is 12.6. The van der Waals surface area contributed by atoms with Gasteiger partial charge in [0, 0.05) is 30.0 Å². The molecule has 4 rings (SSSR count). The summed E-state index contributed by atoms with van der Waals surface area (Å²) in [5.74, 6) is 2.21. The second-order valence-corrected chi connectivity index (χ2v) is 8.50. The Morgan fingerprint density at radius 2 is 1.64 bits per heavy atom. The normalized spacial score (nSPS) is 10.7. The molecule has 0 saturated carbocycles. The van der Waals surface area contributed by atoms with E-state index in [4.69, 9.17) is 4.74 Å². The Hall–Kier alpha value is -3.58. The smallest absolute Gasteiger partial charge is 0.225 e. The monoisotopic (exact) mass is 458 g/mol. The average Bonchev–Trinajstić information content (AvgIpc) is 3.26. The van der Waals surface area contributed by atoms with Crippen LogP contribution in [0.4, 0.5) is 5.69 Å². The van der Waals surface area contributed by atoms with Crippen molar-refractivity contribution in [1.82, 2.24) is 14.8 Å². The predicted octanol–water partition coefficient (Wildman–Crippen LogP) is 5.32. The van der Waals surface area contributed by atoms with Gasteiger partial charge in [-0.25, -0.2) is 0 Å². The van der Waals surface area contributed by atoms with Crippen LogP contribution in [-0.4, -0.2) is 33.5 Å². The molecule has 0 fully saturated rings. The highest BCUT2D eigenvalue weighted by Crippen LogP contribution is 2.26. The maximum atomic E-state index is 12.3. The van der Waals surface area contributed by atoms with Crippen molar-refractivity contribution in [3.05, 3.63) is 90.5 Å². The summed E-state index contributed by atoms with van der Waals surface area (Å²) in [7, 11) is 1.65. The van der Waals surface area contributed by atoms with Crippen molar-refractivity contribution in [2.24, 2.45) is 0 Å². The van der Waals surface area contributed by atoms with Crippen LogP contribution in [0.25, 0.3) is 11.4 Å². The predicted molar refractivity (Wildman–Crippen MR) is 133 cm³/mol. The minimum atomic E-state index is -0.0144. The molecule has 0 unspecified atom stereocenters. The lowest BCUT2D eigenvalue weighted by atomic mass is 10.1. The fourth-order valence-electron chi connectivity index (χ4n) is 3.42. The van der Waals surface area contributed by atoms with E-state index in [1.54, 1.807) is 18.9 Å². The van der Waals surface area contributed by atoms with E-state index in [0.717, 1.165) is 40.9 Å². The number of nitrogens with zero attached hydrogens (tertiary/aromatic N) is 3. The number of anilines is 1. The molecule has 4 aromatic rings. The molecule has 6 nitrogen and oxygen atoms in total. The van der Waals surface area contributed by atoms with Crippen LogP contribution in [0.2, 0.25) is 0 Å². The van der Waals surface area contributed by atoms with E-state index >= 15 is 0 Å². The SMILES string of the molecule is COc1ccc(-c2nnc(SCCC(=O)Nc3ccccc3)n2CCc2ccccc2)cc1. The molecular formula is C26H26N4O2S. The molecule has 0 saturated heterocycles. The highest BCUT2D eigenvalue weighted by molar-refractivity contribution is 7.99. The number of rotatable bonds is 10. The minimum absolute atomic E-state index is 0.0144. The number of para-hydroxylation sites is 1. The number of aryl methyl sites for hydroxylation is 1. The first-order valence-corrected chi connectivity index (χ1v) is 11.8. The highest BCUT2D eigenvalue weighted by Gasteiger charge is 2.15. The summed E-state index contributed by atoms with van der Waals surface area (Å²) in [4.78, 5) is 12.3. The van der Waals surface area contributed by atoms with E-state index in [9.17, 15) is 4.79 Å². The fourth-order valence-corrected chi connectivity index (χ4v) is 4.32. The minimum Gasteiger partial charge on any atom is -0.497 e. The molecule has 0 atom stereocenters. The lowest BCUT2D eigenvalue weighted by Crippen LogP contribution is -2.12. The number of methoxy groups -OCH3 is 1. The Labute approximate surface area is 198 Å². The van der Waals surface area contributed by atoms with E-state index in [0.29, 0.717) is 12.2 Å². The Bertz CT molecular complexity index is 1160. The van der Waals surface area contributed by atoms with E-state index in [1.165, 1.54) is 5.56 Å². The van der Waals surface area contributed by atoms with Crippen molar-refractivity contribution in [3.8, 4) is 17.1 Å². The van der Waals surface area contributed by atoms with Gasteiger partial charge in [0.05, 0.1) is 7.11 Å². The molecule has 1 aromatic heterocycles. The number of carbonyl (C=O) groups is 1. The Morgan fingerprint density at radius 1 is 0.939 bits per heavy atom. The second-order valence-electron chi connectivity index (χ2n) is 7.43. The largest absolute Gasteiger partial charge is 0.497 e. The Balaban J connectivity index is 1.46. The van der Waals surface area contributed by atoms with Crippen molar-refractivity contribution >= 4 is 23.4 Å².